The second-order valence-corrected chi connectivity index (χ2v) is 13.6. The van der Waals surface area contributed by atoms with Crippen LogP contribution in [0.1, 0.15) is 56.5 Å². The molecule has 4 aromatic rings. The lowest BCUT2D eigenvalue weighted by atomic mass is 9.95. The second-order valence-electron chi connectivity index (χ2n) is 11.1. The Bertz CT molecular complexity index is 1890. The van der Waals surface area contributed by atoms with Gasteiger partial charge in [-0.1, -0.05) is 36.4 Å². The number of rotatable bonds is 12. The molecule has 5 rings (SSSR count). The van der Waals surface area contributed by atoms with Crippen molar-refractivity contribution in [3.63, 3.8) is 0 Å². The van der Waals surface area contributed by atoms with Crippen molar-refractivity contribution >= 4 is 63.6 Å². The van der Waals surface area contributed by atoms with Crippen molar-refractivity contribution in [2.45, 2.75) is 42.8 Å². The summed E-state index contributed by atoms with van der Waals surface area (Å²) in [5, 5.41) is 8.54. The van der Waals surface area contributed by atoms with Crippen molar-refractivity contribution in [1.29, 1.82) is 0 Å². The Morgan fingerprint density at radius 1 is 0.878 bits per heavy atom. The van der Waals surface area contributed by atoms with Crippen LogP contribution in [0.5, 0.6) is 11.5 Å². The maximum atomic E-state index is 13.7. The second kappa shape index (κ2) is 16.4. The van der Waals surface area contributed by atoms with E-state index in [-0.39, 0.29) is 11.6 Å². The van der Waals surface area contributed by atoms with Crippen LogP contribution in [-0.2, 0) is 27.2 Å². The van der Waals surface area contributed by atoms with Gasteiger partial charge in [0, 0.05) is 26.6 Å². The molecule has 1 aliphatic rings. The maximum Gasteiger partial charge on any atom is 0.341 e. The fourth-order valence-electron chi connectivity index (χ4n) is 5.41. The molecule has 0 saturated heterocycles. The van der Waals surface area contributed by atoms with Crippen molar-refractivity contribution in [2.24, 2.45) is 0 Å². The number of aryl methyl sites for hydroxylation is 1. The van der Waals surface area contributed by atoms with E-state index >= 15 is 0 Å². The highest BCUT2D eigenvalue weighted by molar-refractivity contribution is 8.00. The van der Waals surface area contributed by atoms with Crippen LogP contribution >= 0.6 is 23.1 Å². The van der Waals surface area contributed by atoms with E-state index in [9.17, 15) is 19.2 Å². The minimum atomic E-state index is -0.570. The third-order valence-electron chi connectivity index (χ3n) is 7.83. The molecule has 0 saturated carbocycles. The summed E-state index contributed by atoms with van der Waals surface area (Å²) in [6.45, 7) is 1.78. The Labute approximate surface area is 293 Å². The van der Waals surface area contributed by atoms with Crippen LogP contribution in [0.3, 0.4) is 0 Å². The molecule has 0 aliphatic heterocycles. The number of benzene rings is 3. The number of hydrogen-bond acceptors (Lipinski definition) is 9. The van der Waals surface area contributed by atoms with Crippen LogP contribution in [0.4, 0.5) is 10.7 Å². The monoisotopic (exact) mass is 699 g/mol. The Hall–Kier alpha value is -5.07. The van der Waals surface area contributed by atoms with E-state index in [1.54, 1.807) is 73.7 Å². The SMILES string of the molecule is COC(=O)c1c(NC(=O)C(C)Sc2cccc(NC(=O)/C(=C\c3cccc(OC)c3OC)NC(=O)c3ccccc3)c2)sc2c1CCCC2. The van der Waals surface area contributed by atoms with Gasteiger partial charge in [0.1, 0.15) is 10.7 Å². The summed E-state index contributed by atoms with van der Waals surface area (Å²) < 4.78 is 16.0. The normalized spacial score (nSPS) is 13.0. The Morgan fingerprint density at radius 3 is 2.37 bits per heavy atom. The van der Waals surface area contributed by atoms with Gasteiger partial charge >= 0.3 is 5.97 Å². The number of carbonyl (C=O) groups excluding carboxylic acids is 4. The number of thioether (sulfide) groups is 1. The Morgan fingerprint density at radius 2 is 1.63 bits per heavy atom. The number of amides is 3. The number of ether oxygens (including phenoxy) is 3. The first-order valence-corrected chi connectivity index (χ1v) is 17.3. The standard InChI is InChI=1S/C37H37N3O7S2/c1-22(33(41)40-36-31(37(44)47-4)27-17-8-9-19-30(27)49-36)48-26-16-11-15-25(21-26)38-35(43)28(39-34(42)23-12-6-5-7-13-23)20-24-14-10-18-29(45-2)32(24)46-3/h5-7,10-16,18,20-22H,8-9,17,19H2,1-4H3,(H,38,43)(H,39,42)(H,40,41)/b28-20+. The lowest BCUT2D eigenvalue weighted by Gasteiger charge is -2.15. The van der Waals surface area contributed by atoms with Gasteiger partial charge in [-0.15, -0.1) is 23.1 Å². The van der Waals surface area contributed by atoms with Crippen LogP contribution in [0.25, 0.3) is 6.08 Å². The third-order valence-corrected chi connectivity index (χ3v) is 10.1. The van der Waals surface area contributed by atoms with Gasteiger partial charge in [0.2, 0.25) is 5.91 Å². The first-order valence-electron chi connectivity index (χ1n) is 15.6. The number of methoxy groups -OCH3 is 3. The van der Waals surface area contributed by atoms with Gasteiger partial charge < -0.3 is 30.2 Å². The van der Waals surface area contributed by atoms with Gasteiger partial charge in [0.05, 0.1) is 32.1 Å². The van der Waals surface area contributed by atoms with Crippen LogP contribution in [0, 0.1) is 0 Å². The molecular formula is C37H37N3O7S2. The van der Waals surface area contributed by atoms with Gasteiger partial charge in [-0.25, -0.2) is 4.79 Å². The molecule has 49 heavy (non-hydrogen) atoms. The fourth-order valence-corrected chi connectivity index (χ4v) is 7.62. The molecule has 254 valence electrons. The molecule has 0 spiro atoms. The van der Waals surface area contributed by atoms with Gasteiger partial charge in [0.25, 0.3) is 11.8 Å². The predicted molar refractivity (Wildman–Crippen MR) is 193 cm³/mol. The summed E-state index contributed by atoms with van der Waals surface area (Å²) in [5.74, 6) is -0.875. The predicted octanol–water partition coefficient (Wildman–Crippen LogP) is 6.96. The van der Waals surface area contributed by atoms with Gasteiger partial charge in [-0.05, 0) is 80.6 Å². The molecule has 1 unspecified atom stereocenters. The lowest BCUT2D eigenvalue weighted by molar-refractivity contribution is -0.115. The molecule has 0 bridgehead atoms. The number of para-hydroxylation sites is 1. The summed E-state index contributed by atoms with van der Waals surface area (Å²) in [5.41, 5.74) is 2.76. The minimum Gasteiger partial charge on any atom is -0.493 e. The van der Waals surface area contributed by atoms with Crippen molar-refractivity contribution in [2.75, 3.05) is 32.0 Å². The summed E-state index contributed by atoms with van der Waals surface area (Å²) in [7, 11) is 4.35. The van der Waals surface area contributed by atoms with Crippen molar-refractivity contribution in [3.05, 3.63) is 106 Å². The summed E-state index contributed by atoms with van der Waals surface area (Å²) >= 11 is 2.74. The third kappa shape index (κ3) is 8.51. The smallest absolute Gasteiger partial charge is 0.341 e. The largest absolute Gasteiger partial charge is 0.493 e. The van der Waals surface area contributed by atoms with Crippen molar-refractivity contribution < 1.29 is 33.4 Å². The van der Waals surface area contributed by atoms with E-state index < -0.39 is 23.0 Å². The lowest BCUT2D eigenvalue weighted by Crippen LogP contribution is -2.30. The molecule has 0 radical (unpaired) electrons. The van der Waals surface area contributed by atoms with Gasteiger partial charge in [-0.2, -0.15) is 0 Å². The Balaban J connectivity index is 1.33. The van der Waals surface area contributed by atoms with Crippen LogP contribution in [-0.4, -0.2) is 50.3 Å². The number of anilines is 2. The highest BCUT2D eigenvalue weighted by Gasteiger charge is 2.28. The summed E-state index contributed by atoms with van der Waals surface area (Å²) in [6.07, 6.45) is 5.23. The van der Waals surface area contributed by atoms with Crippen molar-refractivity contribution in [1.82, 2.24) is 5.32 Å². The number of esters is 1. The Kier molecular flexibility index (Phi) is 11.8. The van der Waals surface area contributed by atoms with E-state index in [4.69, 9.17) is 14.2 Å². The van der Waals surface area contributed by atoms with Gasteiger partial charge in [-0.3, -0.25) is 14.4 Å². The topological polar surface area (TPSA) is 132 Å². The zero-order chi connectivity index (χ0) is 34.9. The number of thiophene rings is 1. The molecule has 1 aromatic heterocycles. The molecule has 12 heteroatoms. The zero-order valence-electron chi connectivity index (χ0n) is 27.6. The number of nitrogens with one attached hydrogen (secondary N) is 3. The van der Waals surface area contributed by atoms with Crippen molar-refractivity contribution in [3.8, 4) is 11.5 Å². The molecule has 10 nitrogen and oxygen atoms in total. The van der Waals surface area contributed by atoms with Crippen LogP contribution < -0.4 is 25.4 Å². The summed E-state index contributed by atoms with van der Waals surface area (Å²) in [4.78, 5) is 54.6. The van der Waals surface area contributed by atoms with E-state index in [0.717, 1.165) is 41.0 Å². The molecule has 3 amide bonds. The number of hydrogen-bond donors (Lipinski definition) is 3. The average Bonchev–Trinajstić information content (AvgIpc) is 3.48. The fraction of sp³-hybridized carbons (Fsp3) is 0.243. The van der Waals surface area contributed by atoms with Gasteiger partial charge in [0.15, 0.2) is 11.5 Å². The first-order chi connectivity index (χ1) is 23.7. The molecular weight excluding hydrogens is 663 g/mol. The van der Waals surface area contributed by atoms with E-state index in [1.165, 1.54) is 50.5 Å². The van der Waals surface area contributed by atoms with E-state index in [1.807, 2.05) is 6.07 Å². The molecule has 1 aliphatic carbocycles. The molecule has 0 fully saturated rings. The molecule has 1 atom stereocenters. The minimum absolute atomic E-state index is 0.0220. The average molecular weight is 700 g/mol. The molecule has 1 heterocycles. The number of carbonyl (C=O) groups is 4. The van der Waals surface area contributed by atoms with E-state index in [2.05, 4.69) is 16.0 Å². The van der Waals surface area contributed by atoms with Crippen LogP contribution in [0.2, 0.25) is 0 Å². The zero-order valence-corrected chi connectivity index (χ0v) is 29.2. The quantitative estimate of drug-likeness (QED) is 0.0822. The maximum absolute atomic E-state index is 13.7. The highest BCUT2D eigenvalue weighted by Crippen LogP contribution is 2.39. The van der Waals surface area contributed by atoms with Crippen LogP contribution in [0.15, 0.2) is 83.4 Å². The molecule has 3 aromatic carbocycles. The molecule has 3 N–H and O–H groups in total. The number of fused-ring (bicyclic) bond motifs is 1. The first kappa shape index (κ1) is 35.2. The summed E-state index contributed by atoms with van der Waals surface area (Å²) in [6, 6.07) is 20.9. The highest BCUT2D eigenvalue weighted by atomic mass is 32.2. The van der Waals surface area contributed by atoms with E-state index in [0.29, 0.717) is 38.9 Å².